The molecule has 4 saturated carbocycles. The van der Waals surface area contributed by atoms with Gasteiger partial charge in [0.2, 0.25) is 0 Å². The van der Waals surface area contributed by atoms with Crippen LogP contribution in [-0.4, -0.2) is 57.7 Å². The van der Waals surface area contributed by atoms with Crippen LogP contribution in [0, 0.1) is 34.5 Å². The van der Waals surface area contributed by atoms with Crippen molar-refractivity contribution in [3.8, 4) is 0 Å². The molecule has 4 rings (SSSR count). The van der Waals surface area contributed by atoms with Crippen LogP contribution in [0.25, 0.3) is 0 Å². The van der Waals surface area contributed by atoms with Gasteiger partial charge in [-0.1, -0.05) is 31.6 Å². The molecule has 7 N–H and O–H groups in total. The second-order valence-corrected chi connectivity index (χ2v) is 12.7. The Labute approximate surface area is 219 Å². The van der Waals surface area contributed by atoms with Crippen LogP contribution in [0.3, 0.4) is 0 Å². The van der Waals surface area contributed by atoms with Gasteiger partial charge in [0.15, 0.2) is 0 Å². The quantitative estimate of drug-likeness (QED) is 0.217. The largest absolute Gasteiger partial charge is 0.478 e. The average Bonchev–Trinajstić information content (AvgIpc) is 3.05. The SMILES string of the molecule is CC(=O)O[C@H]1C[C@]2(C)C3CC[C@H]4[C@H](N)[C@H](O)[C@@H](N)C[C@]4(C)[C@@H]3[C@H](O)C[C@H]2/C1=C(\C=C\C=C(C)C)C(=O)O. The number of aliphatic hydroxyl groups is 2. The predicted octanol–water partition coefficient (Wildman–Crippen LogP) is 2.68. The number of carboxylic acid groups (broad SMARTS) is 1. The van der Waals surface area contributed by atoms with E-state index in [4.69, 9.17) is 16.2 Å². The first-order chi connectivity index (χ1) is 17.2. The van der Waals surface area contributed by atoms with E-state index in [2.05, 4.69) is 13.8 Å². The van der Waals surface area contributed by atoms with Crippen LogP contribution in [0.1, 0.15) is 66.7 Å². The molecule has 4 aliphatic carbocycles. The minimum absolute atomic E-state index is 0.0422. The number of hydrogen-bond acceptors (Lipinski definition) is 7. The minimum atomic E-state index is -1.07. The standard InChI is InChI=1S/C29H44N2O6/c1-14(2)7-6-8-16(27(35)36)23-19-11-21(33)24-17(28(19,4)13-22(23)37-15(3)32)9-10-18-25(31)26(34)20(30)12-29(18,24)5/h6-8,17-22,24-26,33-34H,9-13,30-31H2,1-5H3,(H,35,36)/b8-6+,23-16-/t17?,18-,19-,20-,21+,22-,24-,25-,26+,28+,29-/m0/s1. The van der Waals surface area contributed by atoms with Crippen LogP contribution < -0.4 is 11.5 Å². The van der Waals surface area contributed by atoms with Crippen molar-refractivity contribution >= 4 is 11.9 Å². The van der Waals surface area contributed by atoms with Crippen LogP contribution >= 0.6 is 0 Å². The Morgan fingerprint density at radius 3 is 2.27 bits per heavy atom. The van der Waals surface area contributed by atoms with E-state index >= 15 is 0 Å². The number of allylic oxidation sites excluding steroid dienone is 3. The lowest BCUT2D eigenvalue weighted by atomic mass is 9.42. The van der Waals surface area contributed by atoms with Gasteiger partial charge in [-0.2, -0.15) is 0 Å². The first kappa shape index (κ1) is 28.0. The maximum absolute atomic E-state index is 12.5. The number of esters is 1. The summed E-state index contributed by atoms with van der Waals surface area (Å²) in [7, 11) is 0. The number of aliphatic hydroxyl groups excluding tert-OH is 2. The topological polar surface area (TPSA) is 156 Å². The van der Waals surface area contributed by atoms with Gasteiger partial charge in [-0.25, -0.2) is 4.79 Å². The fraction of sp³-hybridized carbons (Fsp3) is 0.724. The van der Waals surface area contributed by atoms with Gasteiger partial charge in [0.1, 0.15) is 6.10 Å². The van der Waals surface area contributed by atoms with Crippen LogP contribution in [0.15, 0.2) is 34.9 Å². The Bertz CT molecular complexity index is 1030. The number of ether oxygens (including phenoxy) is 1. The summed E-state index contributed by atoms with van der Waals surface area (Å²) in [6.45, 7) is 9.55. The van der Waals surface area contributed by atoms with Crippen LogP contribution in [0.5, 0.6) is 0 Å². The summed E-state index contributed by atoms with van der Waals surface area (Å²) in [5.41, 5.74) is 13.9. The number of rotatable bonds is 4. The molecule has 0 aromatic heterocycles. The van der Waals surface area contributed by atoms with Crippen LogP contribution in [-0.2, 0) is 14.3 Å². The molecule has 0 aliphatic heterocycles. The number of carbonyl (C=O) groups excluding carboxylic acids is 1. The summed E-state index contributed by atoms with van der Waals surface area (Å²) < 4.78 is 5.77. The molecule has 0 radical (unpaired) electrons. The van der Waals surface area contributed by atoms with Crippen molar-refractivity contribution in [2.75, 3.05) is 0 Å². The molecule has 4 aliphatic rings. The van der Waals surface area contributed by atoms with Gasteiger partial charge >= 0.3 is 11.9 Å². The van der Waals surface area contributed by atoms with Crippen molar-refractivity contribution in [1.29, 1.82) is 0 Å². The van der Waals surface area contributed by atoms with Crippen LogP contribution in [0.2, 0.25) is 0 Å². The molecule has 206 valence electrons. The molecule has 0 saturated heterocycles. The first-order valence-corrected chi connectivity index (χ1v) is 13.6. The second kappa shape index (κ2) is 9.95. The van der Waals surface area contributed by atoms with Gasteiger partial charge in [0.25, 0.3) is 0 Å². The molecule has 4 fully saturated rings. The molecule has 11 atom stereocenters. The zero-order valence-corrected chi connectivity index (χ0v) is 22.7. The molecule has 1 unspecified atom stereocenters. The highest BCUT2D eigenvalue weighted by atomic mass is 16.5. The smallest absolute Gasteiger partial charge is 0.335 e. The summed E-state index contributed by atoms with van der Waals surface area (Å²) in [5.74, 6) is -1.74. The molecule has 0 bridgehead atoms. The fourth-order valence-corrected chi connectivity index (χ4v) is 8.81. The highest BCUT2D eigenvalue weighted by Crippen LogP contribution is 2.68. The van der Waals surface area contributed by atoms with Crippen molar-refractivity contribution in [3.05, 3.63) is 34.9 Å². The number of carbonyl (C=O) groups is 2. The summed E-state index contributed by atoms with van der Waals surface area (Å²) in [5, 5.41) is 32.5. The van der Waals surface area contributed by atoms with Crippen LogP contribution in [0.4, 0.5) is 0 Å². The second-order valence-electron chi connectivity index (χ2n) is 12.7. The van der Waals surface area contributed by atoms with E-state index < -0.39 is 42.3 Å². The van der Waals surface area contributed by atoms with Crippen molar-refractivity contribution < 1.29 is 29.6 Å². The third-order valence-corrected chi connectivity index (χ3v) is 10.2. The Kier molecular flexibility index (Phi) is 7.54. The van der Waals surface area contributed by atoms with E-state index in [1.807, 2.05) is 19.9 Å². The normalized spacial score (nSPS) is 46.5. The van der Waals surface area contributed by atoms with E-state index in [-0.39, 0.29) is 40.1 Å². The van der Waals surface area contributed by atoms with E-state index in [1.54, 1.807) is 12.2 Å². The molecule has 0 heterocycles. The Balaban J connectivity index is 1.81. The van der Waals surface area contributed by atoms with E-state index in [0.29, 0.717) is 24.8 Å². The molecule has 8 heteroatoms. The van der Waals surface area contributed by atoms with Gasteiger partial charge in [-0.05, 0) is 92.1 Å². The lowest BCUT2D eigenvalue weighted by Crippen LogP contribution is -2.68. The Morgan fingerprint density at radius 1 is 1.03 bits per heavy atom. The molecule has 37 heavy (non-hydrogen) atoms. The van der Waals surface area contributed by atoms with E-state index in [9.17, 15) is 24.9 Å². The molecule has 8 nitrogen and oxygen atoms in total. The fourth-order valence-electron chi connectivity index (χ4n) is 8.81. The summed E-state index contributed by atoms with van der Waals surface area (Å²) in [6, 6.07) is -0.904. The lowest BCUT2D eigenvalue weighted by Gasteiger charge is -2.64. The third kappa shape index (κ3) is 4.60. The Morgan fingerprint density at radius 2 is 1.68 bits per heavy atom. The van der Waals surface area contributed by atoms with Gasteiger partial charge in [-0.15, -0.1) is 0 Å². The summed E-state index contributed by atoms with van der Waals surface area (Å²) >= 11 is 0. The number of fused-ring (bicyclic) bond motifs is 5. The number of aliphatic carboxylic acids is 1. The number of carboxylic acids is 1. The van der Waals surface area contributed by atoms with Crippen molar-refractivity contribution in [2.24, 2.45) is 46.0 Å². The predicted molar refractivity (Wildman–Crippen MR) is 140 cm³/mol. The van der Waals surface area contributed by atoms with E-state index in [0.717, 1.165) is 18.4 Å². The summed E-state index contributed by atoms with van der Waals surface area (Å²) in [6.07, 6.45) is 6.12. The number of hydrogen-bond donors (Lipinski definition) is 5. The first-order valence-electron chi connectivity index (χ1n) is 13.6. The average molecular weight is 517 g/mol. The van der Waals surface area contributed by atoms with E-state index in [1.165, 1.54) is 6.92 Å². The van der Waals surface area contributed by atoms with Crippen molar-refractivity contribution in [3.63, 3.8) is 0 Å². The molecule has 0 aromatic rings. The minimum Gasteiger partial charge on any atom is -0.478 e. The third-order valence-electron chi connectivity index (χ3n) is 10.2. The zero-order valence-electron chi connectivity index (χ0n) is 22.7. The molecule has 0 amide bonds. The molecular weight excluding hydrogens is 472 g/mol. The molecule has 0 aromatic carbocycles. The molecular formula is C29H44N2O6. The van der Waals surface area contributed by atoms with Gasteiger partial charge in [0, 0.05) is 19.0 Å². The molecule has 0 spiro atoms. The maximum atomic E-state index is 12.5. The maximum Gasteiger partial charge on any atom is 0.335 e. The monoisotopic (exact) mass is 516 g/mol. The lowest BCUT2D eigenvalue weighted by molar-refractivity contribution is -0.185. The van der Waals surface area contributed by atoms with Gasteiger partial charge in [-0.3, -0.25) is 4.79 Å². The highest BCUT2D eigenvalue weighted by Gasteiger charge is 2.66. The Hall–Kier alpha value is -2.00. The summed E-state index contributed by atoms with van der Waals surface area (Å²) in [4.78, 5) is 24.6. The zero-order chi connectivity index (χ0) is 27.4. The highest BCUT2D eigenvalue weighted by molar-refractivity contribution is 5.91. The van der Waals surface area contributed by atoms with Gasteiger partial charge in [0.05, 0.1) is 17.8 Å². The van der Waals surface area contributed by atoms with Crippen molar-refractivity contribution in [1.82, 2.24) is 0 Å². The van der Waals surface area contributed by atoms with Gasteiger partial charge < -0.3 is 31.5 Å². The number of nitrogens with two attached hydrogens (primary N) is 2. The van der Waals surface area contributed by atoms with Crippen molar-refractivity contribution in [2.45, 2.75) is 97.1 Å².